The fourth-order valence-electron chi connectivity index (χ4n) is 2.23. The van der Waals surface area contributed by atoms with Gasteiger partial charge in [0.1, 0.15) is 0 Å². The molecule has 0 aromatic heterocycles. The predicted molar refractivity (Wildman–Crippen MR) is 88.8 cm³/mol. The molecule has 112 valence electrons. The summed E-state index contributed by atoms with van der Waals surface area (Å²) in [7, 11) is 0. The Hall–Kier alpha value is -0.290. The van der Waals surface area contributed by atoms with E-state index < -0.39 is 0 Å². The minimum atomic E-state index is 0. The fraction of sp³-hybridized carbons (Fsp3) is 0.500. The molecule has 20 heavy (non-hydrogen) atoms. The van der Waals surface area contributed by atoms with Crippen LogP contribution in [0.1, 0.15) is 18.4 Å². The van der Waals surface area contributed by atoms with Crippen LogP contribution in [-0.2, 0) is 11.2 Å². The van der Waals surface area contributed by atoms with E-state index in [0.717, 1.165) is 49.1 Å². The molecule has 1 heterocycles. The molecule has 1 N–H and O–H groups in total. The lowest BCUT2D eigenvalue weighted by molar-refractivity contribution is -0.130. The van der Waals surface area contributed by atoms with Crippen LogP contribution in [0.2, 0.25) is 5.02 Å². The summed E-state index contributed by atoms with van der Waals surface area (Å²) in [6, 6.07) is 5.69. The van der Waals surface area contributed by atoms with Gasteiger partial charge in [-0.1, -0.05) is 27.5 Å². The second-order valence-electron chi connectivity index (χ2n) is 4.72. The van der Waals surface area contributed by atoms with Crippen LogP contribution in [0.4, 0.5) is 0 Å². The van der Waals surface area contributed by atoms with E-state index in [2.05, 4.69) is 21.2 Å². The second-order valence-corrected chi connectivity index (χ2v) is 6.01. The summed E-state index contributed by atoms with van der Waals surface area (Å²) in [5.41, 5.74) is 1.09. The van der Waals surface area contributed by atoms with Gasteiger partial charge in [-0.2, -0.15) is 0 Å². The van der Waals surface area contributed by atoms with Gasteiger partial charge in [-0.3, -0.25) is 4.79 Å². The Balaban J connectivity index is 0.00000200. The van der Waals surface area contributed by atoms with E-state index in [1.165, 1.54) is 0 Å². The Labute approximate surface area is 139 Å². The zero-order valence-corrected chi connectivity index (χ0v) is 14.4. The maximum absolute atomic E-state index is 12.2. The van der Waals surface area contributed by atoms with Crippen molar-refractivity contribution in [1.82, 2.24) is 10.2 Å². The number of amides is 1. The van der Waals surface area contributed by atoms with E-state index in [1.807, 2.05) is 23.1 Å². The predicted octanol–water partition coefficient (Wildman–Crippen LogP) is 3.28. The highest BCUT2D eigenvalue weighted by Gasteiger charge is 2.15. The minimum absolute atomic E-state index is 0. The number of nitrogens with one attached hydrogen (secondary N) is 1. The SMILES string of the molecule is Cl.O=C(CCc1cc(Cl)ccc1Br)N1CCCNCC1. The van der Waals surface area contributed by atoms with Crippen molar-refractivity contribution in [3.05, 3.63) is 33.3 Å². The van der Waals surface area contributed by atoms with Crippen LogP contribution in [0.25, 0.3) is 0 Å². The summed E-state index contributed by atoms with van der Waals surface area (Å²) in [5, 5.41) is 4.02. The van der Waals surface area contributed by atoms with Crippen LogP contribution in [0.15, 0.2) is 22.7 Å². The molecule has 2 rings (SSSR count). The first-order valence-corrected chi connectivity index (χ1v) is 7.76. The zero-order chi connectivity index (χ0) is 13.7. The molecular formula is C14H19BrCl2N2O. The highest BCUT2D eigenvalue weighted by atomic mass is 79.9. The van der Waals surface area contributed by atoms with Gasteiger partial charge in [-0.15, -0.1) is 12.4 Å². The van der Waals surface area contributed by atoms with Gasteiger partial charge in [0, 0.05) is 35.6 Å². The lowest BCUT2D eigenvalue weighted by Crippen LogP contribution is -2.34. The van der Waals surface area contributed by atoms with E-state index in [9.17, 15) is 4.79 Å². The molecule has 1 saturated heterocycles. The first kappa shape index (κ1) is 17.8. The first-order chi connectivity index (χ1) is 9.16. The monoisotopic (exact) mass is 380 g/mol. The standard InChI is InChI=1S/C14H18BrClN2O.ClH/c15-13-4-3-12(16)10-11(13)2-5-14(19)18-8-1-6-17-7-9-18;/h3-4,10,17H,1-2,5-9H2;1H. The van der Waals surface area contributed by atoms with Crippen molar-refractivity contribution < 1.29 is 4.79 Å². The normalized spacial score (nSPS) is 15.4. The molecule has 0 bridgehead atoms. The second kappa shape index (κ2) is 8.88. The largest absolute Gasteiger partial charge is 0.341 e. The van der Waals surface area contributed by atoms with Gasteiger partial charge in [0.15, 0.2) is 0 Å². The number of aryl methyl sites for hydroxylation is 1. The summed E-state index contributed by atoms with van der Waals surface area (Å²) in [6.45, 7) is 3.58. The van der Waals surface area contributed by atoms with Crippen molar-refractivity contribution in [3.8, 4) is 0 Å². The van der Waals surface area contributed by atoms with Crippen LogP contribution in [0.3, 0.4) is 0 Å². The molecule has 1 aliphatic heterocycles. The molecule has 6 heteroatoms. The number of hydrogen-bond donors (Lipinski definition) is 1. The molecule has 1 amide bonds. The number of benzene rings is 1. The highest BCUT2D eigenvalue weighted by molar-refractivity contribution is 9.10. The van der Waals surface area contributed by atoms with E-state index >= 15 is 0 Å². The Morgan fingerprint density at radius 3 is 2.95 bits per heavy atom. The lowest BCUT2D eigenvalue weighted by atomic mass is 10.1. The van der Waals surface area contributed by atoms with Gasteiger partial charge in [0.25, 0.3) is 0 Å². The molecule has 0 radical (unpaired) electrons. The quantitative estimate of drug-likeness (QED) is 0.871. The van der Waals surface area contributed by atoms with Crippen LogP contribution in [0.5, 0.6) is 0 Å². The molecule has 0 aliphatic carbocycles. The van der Waals surface area contributed by atoms with E-state index in [-0.39, 0.29) is 18.3 Å². The van der Waals surface area contributed by atoms with Crippen LogP contribution in [0, 0.1) is 0 Å². The number of rotatable bonds is 3. The summed E-state index contributed by atoms with van der Waals surface area (Å²) in [5.74, 6) is 0.232. The average Bonchev–Trinajstić information content (AvgIpc) is 2.68. The molecule has 1 fully saturated rings. The highest BCUT2D eigenvalue weighted by Crippen LogP contribution is 2.22. The maximum atomic E-state index is 12.2. The van der Waals surface area contributed by atoms with Gasteiger partial charge < -0.3 is 10.2 Å². The molecular weight excluding hydrogens is 363 g/mol. The fourth-order valence-corrected chi connectivity index (χ4v) is 2.87. The molecule has 0 saturated carbocycles. The number of carbonyl (C=O) groups excluding carboxylic acids is 1. The molecule has 1 aliphatic rings. The average molecular weight is 382 g/mol. The van der Waals surface area contributed by atoms with Gasteiger partial charge in [-0.25, -0.2) is 0 Å². The van der Waals surface area contributed by atoms with Gasteiger partial charge in [0.05, 0.1) is 0 Å². The first-order valence-electron chi connectivity index (χ1n) is 6.59. The van der Waals surface area contributed by atoms with Crippen LogP contribution < -0.4 is 5.32 Å². The zero-order valence-electron chi connectivity index (χ0n) is 11.2. The smallest absolute Gasteiger partial charge is 0.222 e. The third-order valence-electron chi connectivity index (χ3n) is 3.31. The molecule has 0 unspecified atom stereocenters. The molecule has 1 aromatic carbocycles. The molecule has 3 nitrogen and oxygen atoms in total. The topological polar surface area (TPSA) is 32.3 Å². The summed E-state index contributed by atoms with van der Waals surface area (Å²) in [6.07, 6.45) is 2.30. The number of carbonyl (C=O) groups is 1. The maximum Gasteiger partial charge on any atom is 0.222 e. The summed E-state index contributed by atoms with van der Waals surface area (Å²) >= 11 is 9.47. The van der Waals surface area contributed by atoms with Crippen molar-refractivity contribution >= 4 is 45.8 Å². The Bertz CT molecular complexity index is 449. The van der Waals surface area contributed by atoms with Crippen molar-refractivity contribution in [2.45, 2.75) is 19.3 Å². The van der Waals surface area contributed by atoms with Crippen LogP contribution >= 0.6 is 39.9 Å². The third kappa shape index (κ3) is 5.24. The summed E-state index contributed by atoms with van der Waals surface area (Å²) < 4.78 is 1.02. The molecule has 0 atom stereocenters. The summed E-state index contributed by atoms with van der Waals surface area (Å²) in [4.78, 5) is 14.1. The number of halogens is 3. The third-order valence-corrected chi connectivity index (χ3v) is 4.32. The van der Waals surface area contributed by atoms with Crippen molar-refractivity contribution in [2.75, 3.05) is 26.2 Å². The number of nitrogens with zero attached hydrogens (tertiary/aromatic N) is 1. The Kier molecular flexibility index (Phi) is 7.88. The van der Waals surface area contributed by atoms with Gasteiger partial charge in [-0.05, 0) is 43.1 Å². The molecule has 1 aromatic rings. The molecule has 0 spiro atoms. The van der Waals surface area contributed by atoms with Gasteiger partial charge in [0.2, 0.25) is 5.91 Å². The Morgan fingerprint density at radius 2 is 2.15 bits per heavy atom. The van der Waals surface area contributed by atoms with Crippen molar-refractivity contribution in [2.24, 2.45) is 0 Å². The minimum Gasteiger partial charge on any atom is -0.341 e. The van der Waals surface area contributed by atoms with Crippen molar-refractivity contribution in [1.29, 1.82) is 0 Å². The Morgan fingerprint density at radius 1 is 1.35 bits per heavy atom. The van der Waals surface area contributed by atoms with Gasteiger partial charge >= 0.3 is 0 Å². The lowest BCUT2D eigenvalue weighted by Gasteiger charge is -2.20. The number of hydrogen-bond acceptors (Lipinski definition) is 2. The van der Waals surface area contributed by atoms with E-state index in [1.54, 1.807) is 0 Å². The van der Waals surface area contributed by atoms with Crippen LogP contribution in [-0.4, -0.2) is 37.0 Å². The van der Waals surface area contributed by atoms with E-state index in [0.29, 0.717) is 11.4 Å². The van der Waals surface area contributed by atoms with E-state index in [4.69, 9.17) is 11.6 Å². The van der Waals surface area contributed by atoms with Crippen molar-refractivity contribution in [3.63, 3.8) is 0 Å².